The smallest absolute Gasteiger partial charge is 0.287 e. The first-order valence-electron chi connectivity index (χ1n) is 6.29. The normalized spacial score (nSPS) is 10.5. The van der Waals surface area contributed by atoms with E-state index in [1.807, 2.05) is 13.8 Å². The van der Waals surface area contributed by atoms with Crippen molar-refractivity contribution in [1.82, 2.24) is 9.47 Å². The molecule has 1 rings (SSSR count). The molecule has 1 aromatic heterocycles. The fourth-order valence-corrected chi connectivity index (χ4v) is 1.86. The summed E-state index contributed by atoms with van der Waals surface area (Å²) < 4.78 is 1.57. The third-order valence-corrected chi connectivity index (χ3v) is 2.91. The van der Waals surface area contributed by atoms with Crippen molar-refractivity contribution < 1.29 is 14.8 Å². The van der Waals surface area contributed by atoms with E-state index in [4.69, 9.17) is 5.11 Å². The van der Waals surface area contributed by atoms with Crippen LogP contribution < -0.4 is 0 Å². The first-order chi connectivity index (χ1) is 9.04. The summed E-state index contributed by atoms with van der Waals surface area (Å²) in [4.78, 5) is 24.1. The molecule has 0 atom stereocenters. The molecule has 7 heteroatoms. The fourth-order valence-electron chi connectivity index (χ4n) is 1.86. The molecule has 0 unspecified atom stereocenters. The SMILES string of the molecule is CCN(CCCO)C(=O)c1cc([N+](=O)[O-])cn1CC. The zero-order chi connectivity index (χ0) is 14.4. The minimum Gasteiger partial charge on any atom is -0.396 e. The Balaban J connectivity index is 2.99. The molecule has 0 bridgehead atoms. The number of carbonyl (C=O) groups is 1. The van der Waals surface area contributed by atoms with Gasteiger partial charge in [-0.25, -0.2) is 0 Å². The van der Waals surface area contributed by atoms with Crippen LogP contribution in [0, 0.1) is 10.1 Å². The van der Waals surface area contributed by atoms with Crippen LogP contribution in [0.25, 0.3) is 0 Å². The van der Waals surface area contributed by atoms with Crippen molar-refractivity contribution in [2.24, 2.45) is 0 Å². The highest BCUT2D eigenvalue weighted by atomic mass is 16.6. The van der Waals surface area contributed by atoms with Crippen molar-refractivity contribution >= 4 is 11.6 Å². The first kappa shape index (κ1) is 15.2. The van der Waals surface area contributed by atoms with Gasteiger partial charge in [0, 0.05) is 32.3 Å². The maximum atomic E-state index is 12.3. The minimum absolute atomic E-state index is 0.0126. The van der Waals surface area contributed by atoms with E-state index >= 15 is 0 Å². The average Bonchev–Trinajstić information content (AvgIpc) is 2.83. The Morgan fingerprint density at radius 2 is 2.21 bits per heavy atom. The van der Waals surface area contributed by atoms with Crippen LogP contribution in [0.4, 0.5) is 5.69 Å². The Kier molecular flexibility index (Phi) is 5.50. The van der Waals surface area contributed by atoms with Crippen LogP contribution >= 0.6 is 0 Å². The molecule has 0 aliphatic carbocycles. The summed E-state index contributed by atoms with van der Waals surface area (Å²) in [5.74, 6) is -0.245. The second-order valence-corrected chi connectivity index (χ2v) is 4.09. The Bertz CT molecular complexity index is 456. The summed E-state index contributed by atoms with van der Waals surface area (Å²) >= 11 is 0. The topological polar surface area (TPSA) is 88.6 Å². The highest BCUT2D eigenvalue weighted by Crippen LogP contribution is 2.18. The molecule has 1 N–H and O–H groups in total. The zero-order valence-corrected chi connectivity index (χ0v) is 11.2. The number of hydrogen-bond donors (Lipinski definition) is 1. The van der Waals surface area contributed by atoms with Gasteiger partial charge < -0.3 is 14.6 Å². The van der Waals surface area contributed by atoms with Gasteiger partial charge in [-0.1, -0.05) is 0 Å². The summed E-state index contributed by atoms with van der Waals surface area (Å²) in [5, 5.41) is 19.6. The lowest BCUT2D eigenvalue weighted by Gasteiger charge is -2.20. The van der Waals surface area contributed by atoms with E-state index in [1.165, 1.54) is 12.3 Å². The highest BCUT2D eigenvalue weighted by Gasteiger charge is 2.22. The van der Waals surface area contributed by atoms with Crippen LogP contribution in [-0.4, -0.2) is 45.1 Å². The second kappa shape index (κ2) is 6.89. The minimum atomic E-state index is -0.507. The molecule has 106 valence electrons. The maximum absolute atomic E-state index is 12.3. The molecule has 0 saturated heterocycles. The van der Waals surface area contributed by atoms with Crippen molar-refractivity contribution in [2.45, 2.75) is 26.8 Å². The summed E-state index contributed by atoms with van der Waals surface area (Å²) in [7, 11) is 0. The van der Waals surface area contributed by atoms with E-state index < -0.39 is 4.92 Å². The number of nitro groups is 1. The Morgan fingerprint density at radius 1 is 1.53 bits per heavy atom. The molecular formula is C12H19N3O4. The quantitative estimate of drug-likeness (QED) is 0.596. The van der Waals surface area contributed by atoms with E-state index in [2.05, 4.69) is 0 Å². The molecule has 1 aromatic rings. The van der Waals surface area contributed by atoms with Gasteiger partial charge in [-0.2, -0.15) is 0 Å². The number of aromatic nitrogens is 1. The Hall–Kier alpha value is -1.89. The first-order valence-corrected chi connectivity index (χ1v) is 6.29. The van der Waals surface area contributed by atoms with E-state index in [0.29, 0.717) is 31.7 Å². The molecule has 19 heavy (non-hydrogen) atoms. The maximum Gasteiger partial charge on any atom is 0.287 e. The average molecular weight is 269 g/mol. The van der Waals surface area contributed by atoms with Crippen LogP contribution in [0.15, 0.2) is 12.3 Å². The molecule has 0 aliphatic rings. The van der Waals surface area contributed by atoms with Gasteiger partial charge in [0.15, 0.2) is 0 Å². The van der Waals surface area contributed by atoms with Gasteiger partial charge in [0.25, 0.3) is 11.6 Å². The summed E-state index contributed by atoms with van der Waals surface area (Å²) in [6, 6.07) is 1.30. The van der Waals surface area contributed by atoms with Gasteiger partial charge in [-0.3, -0.25) is 14.9 Å². The largest absolute Gasteiger partial charge is 0.396 e. The van der Waals surface area contributed by atoms with Crippen molar-refractivity contribution in [3.8, 4) is 0 Å². The fraction of sp³-hybridized carbons (Fsp3) is 0.583. The number of aliphatic hydroxyl groups excluding tert-OH is 1. The Morgan fingerprint density at radius 3 is 2.68 bits per heavy atom. The van der Waals surface area contributed by atoms with E-state index in [9.17, 15) is 14.9 Å². The van der Waals surface area contributed by atoms with Crippen molar-refractivity contribution in [1.29, 1.82) is 0 Å². The van der Waals surface area contributed by atoms with Crippen molar-refractivity contribution in [2.75, 3.05) is 19.7 Å². The highest BCUT2D eigenvalue weighted by molar-refractivity contribution is 5.93. The number of rotatable bonds is 7. The molecule has 0 radical (unpaired) electrons. The molecule has 0 aromatic carbocycles. The van der Waals surface area contributed by atoms with Crippen molar-refractivity contribution in [3.05, 3.63) is 28.1 Å². The summed E-state index contributed by atoms with van der Waals surface area (Å²) in [5.41, 5.74) is 0.234. The summed E-state index contributed by atoms with van der Waals surface area (Å²) in [6.45, 7) is 5.11. The predicted octanol–water partition coefficient (Wildman–Crippen LogP) is 1.26. The molecule has 0 spiro atoms. The third-order valence-electron chi connectivity index (χ3n) is 2.91. The number of amides is 1. The Labute approximate surface area is 111 Å². The number of nitrogens with zero attached hydrogens (tertiary/aromatic N) is 3. The van der Waals surface area contributed by atoms with E-state index in [1.54, 1.807) is 9.47 Å². The van der Waals surface area contributed by atoms with Gasteiger partial charge in [0.1, 0.15) is 5.69 Å². The molecule has 1 amide bonds. The van der Waals surface area contributed by atoms with Crippen LogP contribution in [0.2, 0.25) is 0 Å². The van der Waals surface area contributed by atoms with Gasteiger partial charge in [0.05, 0.1) is 11.1 Å². The lowest BCUT2D eigenvalue weighted by atomic mass is 10.3. The number of carbonyl (C=O) groups excluding carboxylic acids is 1. The van der Waals surface area contributed by atoms with Crippen molar-refractivity contribution in [3.63, 3.8) is 0 Å². The molecule has 7 nitrogen and oxygen atoms in total. The number of hydrogen-bond acceptors (Lipinski definition) is 4. The van der Waals surface area contributed by atoms with Crippen LogP contribution in [0.3, 0.4) is 0 Å². The summed E-state index contributed by atoms with van der Waals surface area (Å²) in [6.07, 6.45) is 1.86. The van der Waals surface area contributed by atoms with Crippen LogP contribution in [0.5, 0.6) is 0 Å². The van der Waals surface area contributed by atoms with Gasteiger partial charge in [-0.05, 0) is 20.3 Å². The van der Waals surface area contributed by atoms with Gasteiger partial charge in [-0.15, -0.1) is 0 Å². The zero-order valence-electron chi connectivity index (χ0n) is 11.2. The number of aliphatic hydroxyl groups is 1. The standard InChI is InChI=1S/C12H19N3O4/c1-3-13(6-5-7-16)12(17)11-8-10(15(18)19)9-14(11)4-2/h8-9,16H,3-7H2,1-2H3. The second-order valence-electron chi connectivity index (χ2n) is 4.09. The van der Waals surface area contributed by atoms with E-state index in [-0.39, 0.29) is 18.2 Å². The third kappa shape index (κ3) is 3.54. The van der Waals surface area contributed by atoms with Crippen LogP contribution in [0.1, 0.15) is 30.8 Å². The molecule has 0 saturated carbocycles. The monoisotopic (exact) mass is 269 g/mol. The lowest BCUT2D eigenvalue weighted by Crippen LogP contribution is -2.33. The molecule has 1 heterocycles. The van der Waals surface area contributed by atoms with Crippen LogP contribution in [-0.2, 0) is 6.54 Å². The molecular weight excluding hydrogens is 250 g/mol. The predicted molar refractivity (Wildman–Crippen MR) is 70.0 cm³/mol. The van der Waals surface area contributed by atoms with E-state index in [0.717, 1.165) is 0 Å². The van der Waals surface area contributed by atoms with Gasteiger partial charge in [0.2, 0.25) is 0 Å². The number of aryl methyl sites for hydroxylation is 1. The molecule has 0 aliphatic heterocycles. The van der Waals surface area contributed by atoms with Gasteiger partial charge >= 0.3 is 0 Å². The molecule has 0 fully saturated rings. The lowest BCUT2D eigenvalue weighted by molar-refractivity contribution is -0.384.